The standard InChI is InChI=1S/C11H9BrFN3O2/c1-18-11(17)10-14-6-16(15-10)5-7-3-2-4-8(13)9(7)12/h2-4,6H,5H2,1H3. The van der Waals surface area contributed by atoms with Crippen molar-refractivity contribution in [2.24, 2.45) is 0 Å². The lowest BCUT2D eigenvalue weighted by Gasteiger charge is -2.04. The smallest absolute Gasteiger partial charge is 0.377 e. The molecular formula is C11H9BrFN3O2. The first kappa shape index (κ1) is 12.7. The highest BCUT2D eigenvalue weighted by Crippen LogP contribution is 2.20. The number of halogens is 2. The first-order valence-corrected chi connectivity index (χ1v) is 5.81. The number of hydrogen-bond acceptors (Lipinski definition) is 4. The van der Waals surface area contributed by atoms with Crippen LogP contribution in [-0.2, 0) is 11.3 Å². The summed E-state index contributed by atoms with van der Waals surface area (Å²) in [5.74, 6) is -0.974. The topological polar surface area (TPSA) is 57.0 Å². The van der Waals surface area contributed by atoms with Gasteiger partial charge in [-0.15, -0.1) is 5.10 Å². The SMILES string of the molecule is COC(=O)c1ncn(Cc2cccc(F)c2Br)n1. The first-order chi connectivity index (χ1) is 8.61. The predicted octanol–water partition coefficient (Wildman–Crippen LogP) is 2.01. The quantitative estimate of drug-likeness (QED) is 0.813. The van der Waals surface area contributed by atoms with Crippen LogP contribution in [0.25, 0.3) is 0 Å². The van der Waals surface area contributed by atoms with Crippen molar-refractivity contribution in [3.8, 4) is 0 Å². The summed E-state index contributed by atoms with van der Waals surface area (Å²) in [5.41, 5.74) is 0.705. The Bertz CT molecular complexity index is 585. The molecule has 1 aromatic carbocycles. The van der Waals surface area contributed by atoms with E-state index in [9.17, 15) is 9.18 Å². The van der Waals surface area contributed by atoms with Crippen LogP contribution in [-0.4, -0.2) is 27.8 Å². The van der Waals surface area contributed by atoms with Gasteiger partial charge in [0.1, 0.15) is 12.1 Å². The van der Waals surface area contributed by atoms with Crippen LogP contribution in [0.2, 0.25) is 0 Å². The molecule has 0 atom stereocenters. The molecule has 0 bridgehead atoms. The summed E-state index contributed by atoms with van der Waals surface area (Å²) in [6, 6.07) is 4.72. The lowest BCUT2D eigenvalue weighted by molar-refractivity contribution is 0.0586. The molecule has 0 aliphatic carbocycles. The third-order valence-electron chi connectivity index (χ3n) is 2.27. The summed E-state index contributed by atoms with van der Waals surface area (Å²) in [5, 5.41) is 3.93. The molecule has 0 saturated carbocycles. The van der Waals surface area contributed by atoms with E-state index < -0.39 is 5.97 Å². The number of hydrogen-bond donors (Lipinski definition) is 0. The summed E-state index contributed by atoms with van der Waals surface area (Å²) in [4.78, 5) is 15.0. The largest absolute Gasteiger partial charge is 0.463 e. The van der Waals surface area contributed by atoms with Gasteiger partial charge < -0.3 is 4.74 Å². The molecule has 7 heteroatoms. The van der Waals surface area contributed by atoms with Crippen LogP contribution in [0.4, 0.5) is 4.39 Å². The minimum absolute atomic E-state index is 0.0231. The van der Waals surface area contributed by atoms with Gasteiger partial charge in [0.15, 0.2) is 0 Å². The average Bonchev–Trinajstić information content (AvgIpc) is 2.82. The van der Waals surface area contributed by atoms with Crippen molar-refractivity contribution in [1.29, 1.82) is 0 Å². The molecule has 0 saturated heterocycles. The Morgan fingerprint density at radius 2 is 2.33 bits per heavy atom. The molecule has 0 amide bonds. The number of ether oxygens (including phenoxy) is 1. The van der Waals surface area contributed by atoms with E-state index >= 15 is 0 Å². The molecule has 0 spiro atoms. The number of rotatable bonds is 3. The number of carbonyl (C=O) groups excluding carboxylic acids is 1. The molecular weight excluding hydrogens is 305 g/mol. The van der Waals surface area contributed by atoms with Gasteiger partial charge in [-0.05, 0) is 27.6 Å². The van der Waals surface area contributed by atoms with E-state index in [2.05, 4.69) is 30.7 Å². The zero-order valence-electron chi connectivity index (χ0n) is 9.43. The number of benzene rings is 1. The Morgan fingerprint density at radius 1 is 1.56 bits per heavy atom. The maximum absolute atomic E-state index is 13.3. The summed E-state index contributed by atoms with van der Waals surface area (Å²) < 4.78 is 19.6. The van der Waals surface area contributed by atoms with Crippen LogP contribution in [0.15, 0.2) is 29.0 Å². The van der Waals surface area contributed by atoms with Gasteiger partial charge in [-0.2, -0.15) is 0 Å². The fraction of sp³-hybridized carbons (Fsp3) is 0.182. The Morgan fingerprint density at radius 3 is 3.06 bits per heavy atom. The van der Waals surface area contributed by atoms with E-state index in [4.69, 9.17) is 0 Å². The van der Waals surface area contributed by atoms with Crippen LogP contribution < -0.4 is 0 Å². The second kappa shape index (κ2) is 5.26. The number of nitrogens with zero attached hydrogens (tertiary/aromatic N) is 3. The van der Waals surface area contributed by atoms with E-state index in [1.807, 2.05) is 0 Å². The van der Waals surface area contributed by atoms with Crippen LogP contribution in [0.1, 0.15) is 16.2 Å². The molecule has 2 aromatic rings. The van der Waals surface area contributed by atoms with Gasteiger partial charge in [-0.25, -0.2) is 18.9 Å². The van der Waals surface area contributed by atoms with Gasteiger partial charge in [0.05, 0.1) is 18.1 Å². The molecule has 0 aliphatic heterocycles. The summed E-state index contributed by atoms with van der Waals surface area (Å²) in [7, 11) is 1.26. The van der Waals surface area contributed by atoms with E-state index in [1.54, 1.807) is 12.1 Å². The number of esters is 1. The maximum atomic E-state index is 13.3. The summed E-state index contributed by atoms with van der Waals surface area (Å²) >= 11 is 3.16. The van der Waals surface area contributed by atoms with E-state index in [1.165, 1.54) is 24.2 Å². The average molecular weight is 314 g/mol. The van der Waals surface area contributed by atoms with Crippen molar-refractivity contribution < 1.29 is 13.9 Å². The third-order valence-corrected chi connectivity index (χ3v) is 3.16. The molecule has 0 fully saturated rings. The van der Waals surface area contributed by atoms with Crippen molar-refractivity contribution in [2.45, 2.75) is 6.54 Å². The normalized spacial score (nSPS) is 10.4. The molecule has 0 radical (unpaired) electrons. The minimum Gasteiger partial charge on any atom is -0.463 e. The highest BCUT2D eigenvalue weighted by molar-refractivity contribution is 9.10. The molecule has 1 aromatic heterocycles. The van der Waals surface area contributed by atoms with Gasteiger partial charge in [0, 0.05) is 0 Å². The maximum Gasteiger partial charge on any atom is 0.377 e. The molecule has 1 heterocycles. The van der Waals surface area contributed by atoms with Gasteiger partial charge in [-0.1, -0.05) is 12.1 Å². The predicted molar refractivity (Wildman–Crippen MR) is 64.6 cm³/mol. The van der Waals surface area contributed by atoms with Crippen LogP contribution >= 0.6 is 15.9 Å². The Labute approximate surface area is 111 Å². The molecule has 0 N–H and O–H groups in total. The van der Waals surface area contributed by atoms with Crippen LogP contribution in [0.5, 0.6) is 0 Å². The molecule has 0 unspecified atom stereocenters. The minimum atomic E-state index is -0.605. The molecule has 18 heavy (non-hydrogen) atoms. The monoisotopic (exact) mass is 313 g/mol. The Kier molecular flexibility index (Phi) is 3.71. The second-order valence-electron chi connectivity index (χ2n) is 3.47. The van der Waals surface area contributed by atoms with Crippen molar-refractivity contribution in [3.05, 3.63) is 46.2 Å². The van der Waals surface area contributed by atoms with Crippen molar-refractivity contribution in [3.63, 3.8) is 0 Å². The third kappa shape index (κ3) is 2.56. The number of methoxy groups -OCH3 is 1. The van der Waals surface area contributed by atoms with E-state index in [0.29, 0.717) is 16.6 Å². The molecule has 5 nitrogen and oxygen atoms in total. The molecule has 94 valence electrons. The highest BCUT2D eigenvalue weighted by atomic mass is 79.9. The lowest BCUT2D eigenvalue weighted by atomic mass is 10.2. The van der Waals surface area contributed by atoms with Crippen molar-refractivity contribution >= 4 is 21.9 Å². The summed E-state index contributed by atoms with van der Waals surface area (Å²) in [6.45, 7) is 0.308. The van der Waals surface area contributed by atoms with Gasteiger partial charge in [-0.3, -0.25) is 0 Å². The van der Waals surface area contributed by atoms with Crippen LogP contribution in [0, 0.1) is 5.82 Å². The fourth-order valence-corrected chi connectivity index (χ4v) is 1.79. The second-order valence-corrected chi connectivity index (χ2v) is 4.26. The van der Waals surface area contributed by atoms with E-state index in [-0.39, 0.29) is 11.6 Å². The fourth-order valence-electron chi connectivity index (χ4n) is 1.40. The number of carbonyl (C=O) groups is 1. The van der Waals surface area contributed by atoms with Crippen LogP contribution in [0.3, 0.4) is 0 Å². The number of aromatic nitrogens is 3. The zero-order chi connectivity index (χ0) is 13.1. The van der Waals surface area contributed by atoms with Gasteiger partial charge in [0.25, 0.3) is 5.82 Å². The lowest BCUT2D eigenvalue weighted by Crippen LogP contribution is -2.07. The van der Waals surface area contributed by atoms with Crippen molar-refractivity contribution in [2.75, 3.05) is 7.11 Å². The molecule has 2 rings (SSSR count). The Hall–Kier alpha value is -1.76. The Balaban J connectivity index is 2.21. The van der Waals surface area contributed by atoms with E-state index in [0.717, 1.165) is 0 Å². The summed E-state index contributed by atoms with van der Waals surface area (Å²) in [6.07, 6.45) is 1.39. The van der Waals surface area contributed by atoms with Gasteiger partial charge >= 0.3 is 5.97 Å². The molecule has 0 aliphatic rings. The zero-order valence-corrected chi connectivity index (χ0v) is 11.0. The first-order valence-electron chi connectivity index (χ1n) is 5.02. The van der Waals surface area contributed by atoms with Gasteiger partial charge in [0.2, 0.25) is 0 Å². The highest BCUT2D eigenvalue weighted by Gasteiger charge is 2.12. The van der Waals surface area contributed by atoms with Crippen molar-refractivity contribution in [1.82, 2.24) is 14.8 Å².